The van der Waals surface area contributed by atoms with Crippen LogP contribution in [0.4, 0.5) is 5.69 Å². The molecule has 2 atom stereocenters. The van der Waals surface area contributed by atoms with Crippen LogP contribution in [-0.4, -0.2) is 55.7 Å². The van der Waals surface area contributed by atoms with E-state index in [1.807, 2.05) is 25.1 Å². The molecule has 1 heterocycles. The monoisotopic (exact) mass is 426 g/mol. The van der Waals surface area contributed by atoms with Gasteiger partial charge in [0.05, 0.1) is 19.3 Å². The summed E-state index contributed by atoms with van der Waals surface area (Å²) in [6.07, 6.45) is 2.64. The van der Waals surface area contributed by atoms with Crippen molar-refractivity contribution >= 4 is 33.4 Å². The number of rotatable bonds is 7. The van der Waals surface area contributed by atoms with Gasteiger partial charge in [0.1, 0.15) is 6.10 Å². The molecule has 0 aromatic heterocycles. The molecule has 0 radical (unpaired) electrons. The van der Waals surface area contributed by atoms with Gasteiger partial charge >= 0.3 is 0 Å². The summed E-state index contributed by atoms with van der Waals surface area (Å²) < 4.78 is 12.2. The average molecular weight is 427 g/mol. The molecule has 0 aliphatic carbocycles. The second-order valence-corrected chi connectivity index (χ2v) is 7.58. The lowest BCUT2D eigenvalue weighted by Gasteiger charge is -2.25. The number of nitrogens with zero attached hydrogens (tertiary/aromatic N) is 1. The van der Waals surface area contributed by atoms with Crippen LogP contribution in [0.5, 0.6) is 0 Å². The largest absolute Gasteiger partial charge is 0.376 e. The van der Waals surface area contributed by atoms with Crippen molar-refractivity contribution in [2.75, 3.05) is 32.1 Å². The molecular weight excluding hydrogens is 400 g/mol. The second-order valence-electron chi connectivity index (χ2n) is 6.67. The van der Waals surface area contributed by atoms with Gasteiger partial charge in [-0.2, -0.15) is 0 Å². The highest BCUT2D eigenvalue weighted by Gasteiger charge is 2.22. The van der Waals surface area contributed by atoms with E-state index >= 15 is 0 Å². The fourth-order valence-corrected chi connectivity index (χ4v) is 3.30. The first kappa shape index (κ1) is 20.9. The number of amides is 2. The molecule has 1 saturated heterocycles. The molecule has 6 nitrogen and oxygen atoms in total. The van der Waals surface area contributed by atoms with Crippen LogP contribution in [-0.2, 0) is 19.1 Å². The molecule has 0 bridgehead atoms. The van der Waals surface area contributed by atoms with Crippen molar-refractivity contribution in [2.45, 2.75) is 45.3 Å². The van der Waals surface area contributed by atoms with Crippen molar-refractivity contribution in [3.05, 3.63) is 28.2 Å². The molecule has 26 heavy (non-hydrogen) atoms. The van der Waals surface area contributed by atoms with Crippen molar-refractivity contribution in [2.24, 2.45) is 0 Å². The number of hydrogen-bond acceptors (Lipinski definition) is 4. The summed E-state index contributed by atoms with van der Waals surface area (Å²) in [6.45, 7) is 4.76. The minimum absolute atomic E-state index is 0.0258. The van der Waals surface area contributed by atoms with Crippen LogP contribution in [0.25, 0.3) is 0 Å². The standard InChI is InChI=1S/C19H27BrN2O4/c1-13-10-15(20)7-8-17(13)21-18(23)11-22(3)19(24)14(2)26-12-16-6-4-5-9-25-16/h7-8,10,14,16H,4-6,9,11-12H2,1-3H3,(H,21,23). The molecule has 1 aromatic carbocycles. The van der Waals surface area contributed by atoms with Crippen LogP contribution in [0.2, 0.25) is 0 Å². The minimum atomic E-state index is -0.604. The molecule has 144 valence electrons. The van der Waals surface area contributed by atoms with Gasteiger partial charge in [-0.15, -0.1) is 0 Å². The highest BCUT2D eigenvalue weighted by molar-refractivity contribution is 9.10. The van der Waals surface area contributed by atoms with Crippen LogP contribution < -0.4 is 5.32 Å². The van der Waals surface area contributed by atoms with Crippen molar-refractivity contribution in [3.63, 3.8) is 0 Å². The maximum absolute atomic E-state index is 12.4. The van der Waals surface area contributed by atoms with Crippen LogP contribution >= 0.6 is 15.9 Å². The van der Waals surface area contributed by atoms with E-state index < -0.39 is 6.10 Å². The summed E-state index contributed by atoms with van der Waals surface area (Å²) >= 11 is 3.39. The molecule has 0 saturated carbocycles. The van der Waals surface area contributed by atoms with E-state index in [0.29, 0.717) is 6.61 Å². The number of aryl methyl sites for hydroxylation is 1. The molecule has 1 aliphatic heterocycles. The van der Waals surface area contributed by atoms with Crippen molar-refractivity contribution < 1.29 is 19.1 Å². The Kier molecular flexibility index (Phi) is 8.06. The Morgan fingerprint density at radius 1 is 1.42 bits per heavy atom. The molecule has 2 rings (SSSR count). The van der Waals surface area contributed by atoms with E-state index in [1.54, 1.807) is 14.0 Å². The number of nitrogens with one attached hydrogen (secondary N) is 1. The first-order valence-electron chi connectivity index (χ1n) is 8.91. The van der Waals surface area contributed by atoms with Crippen molar-refractivity contribution in [1.82, 2.24) is 4.90 Å². The third-order valence-electron chi connectivity index (χ3n) is 4.37. The predicted molar refractivity (Wildman–Crippen MR) is 104 cm³/mol. The SMILES string of the molecule is Cc1cc(Br)ccc1NC(=O)CN(C)C(=O)C(C)OCC1CCCCO1. The zero-order valence-corrected chi connectivity index (χ0v) is 17.2. The summed E-state index contributed by atoms with van der Waals surface area (Å²) in [7, 11) is 1.60. The quantitative estimate of drug-likeness (QED) is 0.726. The molecular formula is C19H27BrN2O4. The van der Waals surface area contributed by atoms with E-state index in [4.69, 9.17) is 9.47 Å². The Balaban J connectivity index is 1.78. The Morgan fingerprint density at radius 2 is 2.19 bits per heavy atom. The van der Waals surface area contributed by atoms with Gasteiger partial charge in [-0.05, 0) is 56.9 Å². The van der Waals surface area contributed by atoms with Gasteiger partial charge < -0.3 is 19.7 Å². The first-order valence-corrected chi connectivity index (χ1v) is 9.70. The van der Waals surface area contributed by atoms with Gasteiger partial charge in [-0.25, -0.2) is 0 Å². The van der Waals surface area contributed by atoms with E-state index in [0.717, 1.165) is 41.6 Å². The molecule has 2 amide bonds. The number of likely N-dealkylation sites (N-methyl/N-ethyl adjacent to an activating group) is 1. The van der Waals surface area contributed by atoms with E-state index in [1.165, 1.54) is 4.90 Å². The van der Waals surface area contributed by atoms with E-state index in [-0.39, 0.29) is 24.5 Å². The van der Waals surface area contributed by atoms with Crippen molar-refractivity contribution in [1.29, 1.82) is 0 Å². The van der Waals surface area contributed by atoms with Crippen LogP contribution in [0.3, 0.4) is 0 Å². The second kappa shape index (κ2) is 10.0. The van der Waals surface area contributed by atoms with E-state index in [9.17, 15) is 9.59 Å². The Labute approximate surface area is 163 Å². The first-order chi connectivity index (χ1) is 12.4. The fraction of sp³-hybridized carbons (Fsp3) is 0.579. The number of halogens is 1. The zero-order valence-electron chi connectivity index (χ0n) is 15.6. The lowest BCUT2D eigenvalue weighted by atomic mass is 10.1. The van der Waals surface area contributed by atoms with Crippen LogP contribution in [0.15, 0.2) is 22.7 Å². The molecule has 2 unspecified atom stereocenters. The topological polar surface area (TPSA) is 67.9 Å². The van der Waals surface area contributed by atoms with Gasteiger partial charge in [0.15, 0.2) is 0 Å². The summed E-state index contributed by atoms with van der Waals surface area (Å²) in [6, 6.07) is 5.61. The van der Waals surface area contributed by atoms with Crippen LogP contribution in [0.1, 0.15) is 31.7 Å². The number of hydrogen-bond donors (Lipinski definition) is 1. The third kappa shape index (κ3) is 6.37. The molecule has 1 N–H and O–H groups in total. The van der Waals surface area contributed by atoms with Gasteiger partial charge in [-0.3, -0.25) is 9.59 Å². The summed E-state index contributed by atoms with van der Waals surface area (Å²) in [5.41, 5.74) is 1.68. The number of carbonyl (C=O) groups is 2. The Morgan fingerprint density at radius 3 is 2.85 bits per heavy atom. The summed E-state index contributed by atoms with van der Waals surface area (Å²) in [5.74, 6) is -0.461. The smallest absolute Gasteiger partial charge is 0.251 e. The van der Waals surface area contributed by atoms with Gasteiger partial charge in [0, 0.05) is 23.8 Å². The lowest BCUT2D eigenvalue weighted by molar-refractivity contribution is -0.146. The fourth-order valence-electron chi connectivity index (χ4n) is 2.82. The highest BCUT2D eigenvalue weighted by Crippen LogP contribution is 2.20. The maximum atomic E-state index is 12.4. The normalized spacial score (nSPS) is 18.2. The predicted octanol–water partition coefficient (Wildman–Crippen LogP) is 3.13. The Bertz CT molecular complexity index is 632. The van der Waals surface area contributed by atoms with Gasteiger partial charge in [-0.1, -0.05) is 15.9 Å². The summed E-state index contributed by atoms with van der Waals surface area (Å²) in [4.78, 5) is 26.0. The molecule has 1 fully saturated rings. The number of ether oxygens (including phenoxy) is 2. The zero-order chi connectivity index (χ0) is 19.1. The maximum Gasteiger partial charge on any atom is 0.251 e. The van der Waals surface area contributed by atoms with Gasteiger partial charge in [0.25, 0.3) is 5.91 Å². The summed E-state index contributed by atoms with van der Waals surface area (Å²) in [5, 5.41) is 2.83. The van der Waals surface area contributed by atoms with Crippen LogP contribution in [0, 0.1) is 6.92 Å². The molecule has 1 aliphatic rings. The number of benzene rings is 1. The lowest BCUT2D eigenvalue weighted by Crippen LogP contribution is -2.41. The average Bonchev–Trinajstić information content (AvgIpc) is 2.62. The highest BCUT2D eigenvalue weighted by atomic mass is 79.9. The van der Waals surface area contributed by atoms with Gasteiger partial charge in [0.2, 0.25) is 5.91 Å². The Hall–Kier alpha value is -1.44. The molecule has 1 aromatic rings. The van der Waals surface area contributed by atoms with Crippen molar-refractivity contribution in [3.8, 4) is 0 Å². The number of anilines is 1. The minimum Gasteiger partial charge on any atom is -0.376 e. The van der Waals surface area contributed by atoms with E-state index in [2.05, 4.69) is 21.2 Å². The molecule has 7 heteroatoms. The number of carbonyl (C=O) groups excluding carboxylic acids is 2. The molecule has 0 spiro atoms. The third-order valence-corrected chi connectivity index (χ3v) is 4.87.